The van der Waals surface area contributed by atoms with Crippen molar-refractivity contribution in [2.24, 2.45) is 0 Å². The third-order valence-corrected chi connectivity index (χ3v) is 3.30. The Morgan fingerprint density at radius 3 is 2.65 bits per heavy atom. The van der Waals surface area contributed by atoms with Crippen molar-refractivity contribution in [2.75, 3.05) is 19.6 Å². The van der Waals surface area contributed by atoms with Gasteiger partial charge < -0.3 is 21.1 Å². The van der Waals surface area contributed by atoms with Gasteiger partial charge in [0.2, 0.25) is 5.91 Å². The smallest absolute Gasteiger partial charge is 0.322 e. The van der Waals surface area contributed by atoms with E-state index in [0.29, 0.717) is 6.54 Å². The first kappa shape index (κ1) is 15.9. The molecule has 0 saturated carbocycles. The van der Waals surface area contributed by atoms with E-state index < -0.39 is 24.5 Å². The van der Waals surface area contributed by atoms with E-state index in [1.165, 1.54) is 11.3 Å². The Bertz CT molecular complexity index is 463. The average Bonchev–Trinajstić information content (AvgIpc) is 2.94. The number of carboxylic acids is 1. The molecule has 1 rings (SSSR count). The van der Waals surface area contributed by atoms with E-state index in [2.05, 4.69) is 20.9 Å². The highest BCUT2D eigenvalue weighted by molar-refractivity contribution is 7.09. The third-order valence-electron chi connectivity index (χ3n) is 2.29. The highest BCUT2D eigenvalue weighted by atomic mass is 32.1. The number of carbonyl (C=O) groups is 3. The highest BCUT2D eigenvalue weighted by Crippen LogP contribution is 2.15. The van der Waals surface area contributed by atoms with E-state index in [4.69, 9.17) is 5.11 Å². The van der Waals surface area contributed by atoms with Gasteiger partial charge in [-0.15, -0.1) is 11.3 Å². The number of rotatable bonds is 7. The molecule has 0 radical (unpaired) electrons. The maximum Gasteiger partial charge on any atom is 0.322 e. The van der Waals surface area contributed by atoms with E-state index in [-0.39, 0.29) is 12.5 Å². The average molecular weight is 300 g/mol. The number of thiazole rings is 1. The van der Waals surface area contributed by atoms with Crippen LogP contribution < -0.4 is 16.0 Å². The van der Waals surface area contributed by atoms with Crippen LogP contribution in [0.4, 0.5) is 4.79 Å². The fourth-order valence-corrected chi connectivity index (χ4v) is 1.97. The zero-order valence-corrected chi connectivity index (χ0v) is 11.7. The SMILES string of the molecule is CC(CNC(=O)NCC(=O)NCC(=O)O)c1nccs1. The van der Waals surface area contributed by atoms with Crippen molar-refractivity contribution in [3.8, 4) is 0 Å². The van der Waals surface area contributed by atoms with Gasteiger partial charge in [-0.25, -0.2) is 9.78 Å². The molecule has 1 aromatic heterocycles. The summed E-state index contributed by atoms with van der Waals surface area (Å²) in [6.07, 6.45) is 1.70. The number of amides is 3. The molecule has 0 aliphatic heterocycles. The Balaban J connectivity index is 2.17. The number of aliphatic carboxylic acids is 1. The van der Waals surface area contributed by atoms with Crippen molar-refractivity contribution >= 4 is 29.2 Å². The largest absolute Gasteiger partial charge is 0.480 e. The van der Waals surface area contributed by atoms with Crippen LogP contribution in [0, 0.1) is 0 Å². The summed E-state index contributed by atoms with van der Waals surface area (Å²) in [5.74, 6) is -1.61. The van der Waals surface area contributed by atoms with E-state index >= 15 is 0 Å². The number of aromatic nitrogens is 1. The minimum absolute atomic E-state index is 0.0848. The van der Waals surface area contributed by atoms with Crippen molar-refractivity contribution in [2.45, 2.75) is 12.8 Å². The second kappa shape index (κ2) is 8.10. The summed E-state index contributed by atoms with van der Waals surface area (Å²) in [5.41, 5.74) is 0. The number of nitrogens with zero attached hydrogens (tertiary/aromatic N) is 1. The number of carbonyl (C=O) groups excluding carboxylic acids is 2. The topological polar surface area (TPSA) is 120 Å². The Kier molecular flexibility index (Phi) is 6.44. The summed E-state index contributed by atoms with van der Waals surface area (Å²) in [5, 5.41) is 18.2. The van der Waals surface area contributed by atoms with Gasteiger partial charge in [0.1, 0.15) is 6.54 Å². The molecule has 0 aliphatic rings. The number of nitrogens with one attached hydrogen (secondary N) is 3. The van der Waals surface area contributed by atoms with E-state index in [1.807, 2.05) is 12.3 Å². The Labute approximate surface area is 119 Å². The van der Waals surface area contributed by atoms with Gasteiger partial charge in [0.15, 0.2) is 0 Å². The predicted molar refractivity (Wildman–Crippen MR) is 72.6 cm³/mol. The van der Waals surface area contributed by atoms with Crippen molar-refractivity contribution in [3.05, 3.63) is 16.6 Å². The molecule has 0 aromatic carbocycles. The fourth-order valence-electron chi connectivity index (χ4n) is 1.27. The first-order valence-electron chi connectivity index (χ1n) is 5.88. The first-order chi connectivity index (χ1) is 9.49. The van der Waals surface area contributed by atoms with Crippen LogP contribution in [0.25, 0.3) is 0 Å². The number of urea groups is 1. The van der Waals surface area contributed by atoms with Crippen molar-refractivity contribution in [1.82, 2.24) is 20.9 Å². The van der Waals surface area contributed by atoms with Crippen LogP contribution in [0.5, 0.6) is 0 Å². The second-order valence-electron chi connectivity index (χ2n) is 4.01. The fraction of sp³-hybridized carbons (Fsp3) is 0.455. The van der Waals surface area contributed by atoms with Gasteiger partial charge in [-0.3, -0.25) is 9.59 Å². The lowest BCUT2D eigenvalue weighted by molar-refractivity contribution is -0.137. The molecule has 1 aromatic rings. The predicted octanol–water partition coefficient (Wildman–Crippen LogP) is -0.253. The molecule has 3 amide bonds. The summed E-state index contributed by atoms with van der Waals surface area (Å²) in [7, 11) is 0. The van der Waals surface area contributed by atoms with Gasteiger partial charge in [-0.2, -0.15) is 0 Å². The maximum absolute atomic E-state index is 11.4. The molecule has 9 heteroatoms. The van der Waals surface area contributed by atoms with E-state index in [0.717, 1.165) is 5.01 Å². The number of hydrogen-bond donors (Lipinski definition) is 4. The molecule has 1 heterocycles. The van der Waals surface area contributed by atoms with Crippen LogP contribution >= 0.6 is 11.3 Å². The zero-order chi connectivity index (χ0) is 15.0. The van der Waals surface area contributed by atoms with Gasteiger partial charge in [0.25, 0.3) is 0 Å². The van der Waals surface area contributed by atoms with Crippen LogP contribution in [0.2, 0.25) is 0 Å². The highest BCUT2D eigenvalue weighted by Gasteiger charge is 2.10. The molecule has 0 bridgehead atoms. The summed E-state index contributed by atoms with van der Waals surface area (Å²) in [4.78, 5) is 36.9. The molecule has 8 nitrogen and oxygen atoms in total. The lowest BCUT2D eigenvalue weighted by Crippen LogP contribution is -2.43. The van der Waals surface area contributed by atoms with E-state index in [9.17, 15) is 14.4 Å². The van der Waals surface area contributed by atoms with Gasteiger partial charge in [0.05, 0.1) is 11.6 Å². The summed E-state index contributed by atoms with van der Waals surface area (Å²) < 4.78 is 0. The van der Waals surface area contributed by atoms with Crippen LogP contribution in [0.1, 0.15) is 17.8 Å². The molecule has 20 heavy (non-hydrogen) atoms. The van der Waals surface area contributed by atoms with Crippen LogP contribution in [0.15, 0.2) is 11.6 Å². The molecule has 1 atom stereocenters. The third kappa shape index (κ3) is 6.14. The summed E-state index contributed by atoms with van der Waals surface area (Å²) >= 11 is 1.51. The maximum atomic E-state index is 11.4. The molecule has 1 unspecified atom stereocenters. The lowest BCUT2D eigenvalue weighted by Gasteiger charge is -2.11. The van der Waals surface area contributed by atoms with Crippen LogP contribution in [0.3, 0.4) is 0 Å². The minimum Gasteiger partial charge on any atom is -0.480 e. The Morgan fingerprint density at radius 1 is 1.30 bits per heavy atom. The van der Waals surface area contributed by atoms with Crippen molar-refractivity contribution < 1.29 is 19.5 Å². The van der Waals surface area contributed by atoms with Gasteiger partial charge in [0, 0.05) is 24.0 Å². The van der Waals surface area contributed by atoms with Crippen LogP contribution in [-0.2, 0) is 9.59 Å². The number of hydrogen-bond acceptors (Lipinski definition) is 5. The van der Waals surface area contributed by atoms with Crippen LogP contribution in [-0.4, -0.2) is 47.6 Å². The molecule has 0 aliphatic carbocycles. The molecule has 110 valence electrons. The summed E-state index contributed by atoms with van der Waals surface area (Å²) in [6, 6.07) is -0.487. The summed E-state index contributed by atoms with van der Waals surface area (Å²) in [6.45, 7) is 1.59. The van der Waals surface area contributed by atoms with Crippen molar-refractivity contribution in [3.63, 3.8) is 0 Å². The van der Waals surface area contributed by atoms with Gasteiger partial charge in [-0.1, -0.05) is 6.92 Å². The normalized spacial score (nSPS) is 11.4. The molecule has 0 fully saturated rings. The standard InChI is InChI=1S/C11H16N4O4S/c1-7(10-12-2-3-20-10)4-14-11(19)15-5-8(16)13-6-9(17)18/h2-3,7H,4-6H2,1H3,(H,13,16)(H,17,18)(H2,14,15,19). The van der Waals surface area contributed by atoms with E-state index in [1.54, 1.807) is 6.20 Å². The Morgan fingerprint density at radius 2 is 2.05 bits per heavy atom. The quantitative estimate of drug-likeness (QED) is 0.553. The van der Waals surface area contributed by atoms with Gasteiger partial charge in [-0.05, 0) is 0 Å². The first-order valence-corrected chi connectivity index (χ1v) is 6.76. The van der Waals surface area contributed by atoms with Crippen molar-refractivity contribution in [1.29, 1.82) is 0 Å². The molecule has 0 spiro atoms. The second-order valence-corrected chi connectivity index (χ2v) is 4.93. The lowest BCUT2D eigenvalue weighted by atomic mass is 10.2. The molecular weight excluding hydrogens is 284 g/mol. The zero-order valence-electron chi connectivity index (χ0n) is 10.9. The molecule has 0 saturated heterocycles. The number of carboxylic acid groups (broad SMARTS) is 1. The van der Waals surface area contributed by atoms with Gasteiger partial charge >= 0.3 is 12.0 Å². The minimum atomic E-state index is -1.14. The monoisotopic (exact) mass is 300 g/mol. The molecular formula is C11H16N4O4S. The molecule has 4 N–H and O–H groups in total. The Hall–Kier alpha value is -2.16.